The van der Waals surface area contributed by atoms with Crippen LogP contribution >= 0.6 is 0 Å². The molecule has 0 amide bonds. The summed E-state index contributed by atoms with van der Waals surface area (Å²) in [6.07, 6.45) is 1.43. The first-order chi connectivity index (χ1) is 7.86. The Hall–Kier alpha value is -0.620. The Bertz CT molecular complexity index is 364. The molecule has 1 heterocycles. The largest absolute Gasteiger partial charge is 0.469 e. The second-order valence-electron chi connectivity index (χ2n) is 4.89. The maximum absolute atomic E-state index is 12.0. The van der Waals surface area contributed by atoms with E-state index < -0.39 is 10.0 Å². The molecule has 6 heteroatoms. The van der Waals surface area contributed by atoms with Gasteiger partial charge in [-0.2, -0.15) is 0 Å². The molecule has 1 aliphatic heterocycles. The van der Waals surface area contributed by atoms with Crippen molar-refractivity contribution in [3.05, 3.63) is 0 Å². The predicted molar refractivity (Wildman–Crippen MR) is 64.9 cm³/mol. The minimum absolute atomic E-state index is 0.0958. The van der Waals surface area contributed by atoms with Crippen LogP contribution in [-0.4, -0.2) is 44.6 Å². The lowest BCUT2D eigenvalue weighted by molar-refractivity contribution is -0.146. The molecular weight excluding hydrogens is 242 g/mol. The second kappa shape index (κ2) is 5.82. The van der Waals surface area contributed by atoms with Crippen LogP contribution in [-0.2, 0) is 19.6 Å². The van der Waals surface area contributed by atoms with Crippen molar-refractivity contribution in [3.8, 4) is 0 Å². The molecule has 0 saturated carbocycles. The molecule has 100 valence electrons. The quantitative estimate of drug-likeness (QED) is 0.706. The zero-order chi connectivity index (χ0) is 13.1. The van der Waals surface area contributed by atoms with Gasteiger partial charge in [0.1, 0.15) is 0 Å². The highest BCUT2D eigenvalue weighted by atomic mass is 32.2. The third-order valence-corrected chi connectivity index (χ3v) is 5.06. The Morgan fingerprint density at radius 1 is 1.47 bits per heavy atom. The van der Waals surface area contributed by atoms with Gasteiger partial charge in [0.05, 0.1) is 18.8 Å². The summed E-state index contributed by atoms with van der Waals surface area (Å²) < 4.78 is 30.2. The van der Waals surface area contributed by atoms with Crippen LogP contribution in [0.1, 0.15) is 26.7 Å². The van der Waals surface area contributed by atoms with Gasteiger partial charge in [-0.05, 0) is 18.8 Å². The number of carbonyl (C=O) groups excluding carboxylic acids is 1. The Balaban J connectivity index is 2.69. The Morgan fingerprint density at radius 3 is 2.65 bits per heavy atom. The number of piperidine rings is 1. The lowest BCUT2D eigenvalue weighted by Crippen LogP contribution is -2.44. The first kappa shape index (κ1) is 14.4. The molecule has 5 nitrogen and oxygen atoms in total. The summed E-state index contributed by atoms with van der Waals surface area (Å²) in [5.74, 6) is -0.385. The molecule has 0 unspecified atom stereocenters. The highest BCUT2D eigenvalue weighted by molar-refractivity contribution is 7.89. The number of nitrogens with zero attached hydrogens (tertiary/aromatic N) is 1. The minimum Gasteiger partial charge on any atom is -0.469 e. The average molecular weight is 263 g/mol. The summed E-state index contributed by atoms with van der Waals surface area (Å²) in [6.45, 7) is 4.53. The molecule has 0 aromatic rings. The molecule has 0 aromatic carbocycles. The van der Waals surface area contributed by atoms with E-state index in [0.29, 0.717) is 13.0 Å². The number of hydrogen-bond donors (Lipinski definition) is 0. The highest BCUT2D eigenvalue weighted by Crippen LogP contribution is 2.21. The first-order valence-electron chi connectivity index (χ1n) is 5.92. The van der Waals surface area contributed by atoms with E-state index in [1.807, 2.05) is 13.8 Å². The van der Waals surface area contributed by atoms with E-state index in [2.05, 4.69) is 4.74 Å². The minimum atomic E-state index is -3.23. The van der Waals surface area contributed by atoms with Crippen molar-refractivity contribution in [1.82, 2.24) is 4.31 Å². The molecule has 0 spiro atoms. The van der Waals surface area contributed by atoms with Gasteiger partial charge in [-0.1, -0.05) is 13.8 Å². The normalized spacial score (nSPS) is 22.7. The maximum Gasteiger partial charge on any atom is 0.309 e. The number of carbonyl (C=O) groups is 1. The van der Waals surface area contributed by atoms with Crippen molar-refractivity contribution in [2.24, 2.45) is 11.8 Å². The molecular formula is C11H21NO4S. The molecule has 1 saturated heterocycles. The Labute approximate surface area is 103 Å². The standard InChI is InChI=1S/C11H21NO4S/c1-9(2)8-17(14,15)12-6-4-5-10(7-12)11(13)16-3/h9-10H,4-8H2,1-3H3/t10-/m0/s1. The Kier molecular flexibility index (Phi) is 4.94. The second-order valence-corrected chi connectivity index (χ2v) is 6.91. The van der Waals surface area contributed by atoms with Crippen LogP contribution in [0, 0.1) is 11.8 Å². The topological polar surface area (TPSA) is 63.7 Å². The SMILES string of the molecule is COC(=O)[C@H]1CCCN(S(=O)(=O)CC(C)C)C1. The molecule has 1 rings (SSSR count). The fourth-order valence-corrected chi connectivity index (χ4v) is 3.95. The van der Waals surface area contributed by atoms with Gasteiger partial charge < -0.3 is 4.74 Å². The van der Waals surface area contributed by atoms with Gasteiger partial charge in [0.2, 0.25) is 10.0 Å². The lowest BCUT2D eigenvalue weighted by atomic mass is 10.0. The monoisotopic (exact) mass is 263 g/mol. The van der Waals surface area contributed by atoms with E-state index >= 15 is 0 Å². The molecule has 0 bridgehead atoms. The van der Waals surface area contributed by atoms with Crippen molar-refractivity contribution in [3.63, 3.8) is 0 Å². The van der Waals surface area contributed by atoms with E-state index in [1.54, 1.807) is 0 Å². The van der Waals surface area contributed by atoms with E-state index in [0.717, 1.165) is 6.42 Å². The number of ether oxygens (including phenoxy) is 1. The van der Waals surface area contributed by atoms with Crippen LogP contribution < -0.4 is 0 Å². The summed E-state index contributed by atoms with van der Waals surface area (Å²) in [4.78, 5) is 11.4. The van der Waals surface area contributed by atoms with E-state index in [-0.39, 0.29) is 30.1 Å². The van der Waals surface area contributed by atoms with Gasteiger partial charge in [-0.25, -0.2) is 12.7 Å². The van der Waals surface area contributed by atoms with Crippen LogP contribution in [0.15, 0.2) is 0 Å². The van der Waals surface area contributed by atoms with Crippen molar-refractivity contribution >= 4 is 16.0 Å². The summed E-state index contributed by atoms with van der Waals surface area (Å²) in [7, 11) is -1.89. The smallest absolute Gasteiger partial charge is 0.309 e. The Morgan fingerprint density at radius 2 is 2.12 bits per heavy atom. The van der Waals surface area contributed by atoms with Crippen molar-refractivity contribution in [1.29, 1.82) is 0 Å². The molecule has 0 aromatic heterocycles. The number of hydrogen-bond acceptors (Lipinski definition) is 4. The fourth-order valence-electron chi connectivity index (χ4n) is 2.08. The third-order valence-electron chi connectivity index (χ3n) is 2.86. The maximum atomic E-state index is 12.0. The highest BCUT2D eigenvalue weighted by Gasteiger charge is 2.32. The number of methoxy groups -OCH3 is 1. The molecule has 0 radical (unpaired) electrons. The number of esters is 1. The van der Waals surface area contributed by atoms with Crippen LogP contribution in [0.25, 0.3) is 0 Å². The third kappa shape index (κ3) is 3.96. The van der Waals surface area contributed by atoms with Gasteiger partial charge in [-0.15, -0.1) is 0 Å². The summed E-state index contributed by atoms with van der Waals surface area (Å²) in [5, 5.41) is 0. The first-order valence-corrected chi connectivity index (χ1v) is 7.53. The van der Waals surface area contributed by atoms with Gasteiger partial charge in [0, 0.05) is 13.1 Å². The fraction of sp³-hybridized carbons (Fsp3) is 0.909. The van der Waals surface area contributed by atoms with E-state index in [9.17, 15) is 13.2 Å². The van der Waals surface area contributed by atoms with Crippen molar-refractivity contribution in [2.45, 2.75) is 26.7 Å². The average Bonchev–Trinajstić information content (AvgIpc) is 2.26. The predicted octanol–water partition coefficient (Wildman–Crippen LogP) is 0.857. The van der Waals surface area contributed by atoms with Gasteiger partial charge in [-0.3, -0.25) is 4.79 Å². The summed E-state index contributed by atoms with van der Waals surface area (Å²) in [6, 6.07) is 0. The molecule has 0 aliphatic carbocycles. The van der Waals surface area contributed by atoms with Crippen molar-refractivity contribution in [2.75, 3.05) is 26.0 Å². The summed E-state index contributed by atoms with van der Waals surface area (Å²) in [5.41, 5.74) is 0. The van der Waals surface area contributed by atoms with Crippen LogP contribution in [0.5, 0.6) is 0 Å². The zero-order valence-corrected chi connectivity index (χ0v) is 11.5. The van der Waals surface area contributed by atoms with Crippen LogP contribution in [0.3, 0.4) is 0 Å². The van der Waals surface area contributed by atoms with E-state index in [1.165, 1.54) is 11.4 Å². The molecule has 1 atom stereocenters. The van der Waals surface area contributed by atoms with Gasteiger partial charge in [0.15, 0.2) is 0 Å². The zero-order valence-electron chi connectivity index (χ0n) is 10.7. The number of sulfonamides is 1. The molecule has 1 fully saturated rings. The van der Waals surface area contributed by atoms with Crippen molar-refractivity contribution < 1.29 is 17.9 Å². The van der Waals surface area contributed by atoms with Crippen LogP contribution in [0.4, 0.5) is 0 Å². The molecule has 0 N–H and O–H groups in total. The van der Waals surface area contributed by atoms with E-state index in [4.69, 9.17) is 0 Å². The van der Waals surface area contributed by atoms with Gasteiger partial charge in [0.25, 0.3) is 0 Å². The lowest BCUT2D eigenvalue weighted by Gasteiger charge is -2.30. The molecule has 1 aliphatic rings. The number of rotatable bonds is 4. The van der Waals surface area contributed by atoms with Gasteiger partial charge >= 0.3 is 5.97 Å². The summed E-state index contributed by atoms with van der Waals surface area (Å²) >= 11 is 0. The van der Waals surface area contributed by atoms with Crippen LogP contribution in [0.2, 0.25) is 0 Å². The molecule has 17 heavy (non-hydrogen) atoms.